The van der Waals surface area contributed by atoms with Crippen LogP contribution in [0.1, 0.15) is 23.3 Å². The van der Waals surface area contributed by atoms with Crippen molar-refractivity contribution in [1.82, 2.24) is 9.97 Å². The first kappa shape index (κ1) is 17.2. The van der Waals surface area contributed by atoms with Crippen LogP contribution < -0.4 is 15.5 Å². The standard InChI is InChI=1S/C19H25N5O2S/c20-16-13-17(22-18(21-16)24-7-10-25-11-8-24)23-5-3-19(4-6-23)14-2-12-27-15(14)1-9-26-19/h2,12-13H,1,3-11H2,(H2,20,21,22). The molecular formula is C19H25N5O2S. The number of fused-ring (bicyclic) bond motifs is 2. The quantitative estimate of drug-likeness (QED) is 0.845. The Morgan fingerprint density at radius 2 is 1.85 bits per heavy atom. The van der Waals surface area contributed by atoms with Gasteiger partial charge in [0.15, 0.2) is 0 Å². The second-order valence-corrected chi connectivity index (χ2v) is 8.39. The number of anilines is 3. The Kier molecular flexibility index (Phi) is 4.41. The molecule has 0 saturated carbocycles. The molecule has 2 aromatic rings. The van der Waals surface area contributed by atoms with E-state index in [0.29, 0.717) is 25.0 Å². The first-order valence-electron chi connectivity index (χ1n) is 9.67. The van der Waals surface area contributed by atoms with Gasteiger partial charge in [0.05, 0.1) is 25.4 Å². The zero-order chi connectivity index (χ0) is 18.3. The summed E-state index contributed by atoms with van der Waals surface area (Å²) < 4.78 is 11.8. The van der Waals surface area contributed by atoms with E-state index >= 15 is 0 Å². The first-order chi connectivity index (χ1) is 13.2. The number of hydrogen-bond donors (Lipinski definition) is 1. The fourth-order valence-corrected chi connectivity index (χ4v) is 5.32. The number of nitrogens with two attached hydrogens (primary N) is 1. The van der Waals surface area contributed by atoms with Crippen LogP contribution in [-0.4, -0.2) is 56.0 Å². The summed E-state index contributed by atoms with van der Waals surface area (Å²) in [4.78, 5) is 15.2. The van der Waals surface area contributed by atoms with Gasteiger partial charge >= 0.3 is 0 Å². The number of piperidine rings is 1. The number of morpholine rings is 1. The Morgan fingerprint density at radius 3 is 2.67 bits per heavy atom. The van der Waals surface area contributed by atoms with Crippen LogP contribution in [0.2, 0.25) is 0 Å². The molecule has 0 atom stereocenters. The summed E-state index contributed by atoms with van der Waals surface area (Å²) in [5.41, 5.74) is 7.40. The second-order valence-electron chi connectivity index (χ2n) is 7.39. The molecule has 0 aliphatic carbocycles. The molecule has 7 nitrogen and oxygen atoms in total. The number of hydrogen-bond acceptors (Lipinski definition) is 8. The van der Waals surface area contributed by atoms with Crippen molar-refractivity contribution in [2.45, 2.75) is 24.9 Å². The molecule has 0 amide bonds. The van der Waals surface area contributed by atoms with Gasteiger partial charge in [-0.1, -0.05) is 0 Å². The van der Waals surface area contributed by atoms with Gasteiger partial charge in [-0.05, 0) is 29.9 Å². The molecule has 2 N–H and O–H groups in total. The smallest absolute Gasteiger partial charge is 0.229 e. The molecular weight excluding hydrogens is 362 g/mol. The predicted octanol–water partition coefficient (Wildman–Crippen LogP) is 2.03. The molecule has 2 aromatic heterocycles. The number of thiophene rings is 1. The van der Waals surface area contributed by atoms with Crippen molar-refractivity contribution in [2.24, 2.45) is 0 Å². The summed E-state index contributed by atoms with van der Waals surface area (Å²) in [6, 6.07) is 4.15. The van der Waals surface area contributed by atoms with Gasteiger partial charge in [0.1, 0.15) is 11.6 Å². The molecule has 5 rings (SSSR count). The molecule has 3 aliphatic heterocycles. The van der Waals surface area contributed by atoms with E-state index in [4.69, 9.17) is 20.2 Å². The fraction of sp³-hybridized carbons (Fsp3) is 0.579. The number of aromatic nitrogens is 2. The maximum atomic E-state index is 6.32. The average Bonchev–Trinajstić information content (AvgIpc) is 3.19. The Morgan fingerprint density at radius 1 is 1.04 bits per heavy atom. The predicted molar refractivity (Wildman–Crippen MR) is 107 cm³/mol. The van der Waals surface area contributed by atoms with Gasteiger partial charge in [-0.2, -0.15) is 9.97 Å². The van der Waals surface area contributed by atoms with Gasteiger partial charge in [-0.25, -0.2) is 0 Å². The Balaban J connectivity index is 1.35. The first-order valence-corrected chi connectivity index (χ1v) is 10.5. The molecule has 0 aromatic carbocycles. The number of nitrogen functional groups attached to an aromatic ring is 1. The summed E-state index contributed by atoms with van der Waals surface area (Å²) in [5.74, 6) is 2.15. The van der Waals surface area contributed by atoms with Crippen LogP contribution >= 0.6 is 11.3 Å². The van der Waals surface area contributed by atoms with E-state index in [2.05, 4.69) is 26.2 Å². The lowest BCUT2D eigenvalue weighted by Gasteiger charge is -2.44. The molecule has 0 bridgehead atoms. The van der Waals surface area contributed by atoms with E-state index < -0.39 is 0 Å². The summed E-state index contributed by atoms with van der Waals surface area (Å²) >= 11 is 1.86. The third kappa shape index (κ3) is 3.15. The lowest BCUT2D eigenvalue weighted by molar-refractivity contribution is -0.0757. The Labute approximate surface area is 163 Å². The largest absolute Gasteiger partial charge is 0.383 e. The highest BCUT2D eigenvalue weighted by Gasteiger charge is 2.41. The van der Waals surface area contributed by atoms with Crippen molar-refractivity contribution in [1.29, 1.82) is 0 Å². The minimum absolute atomic E-state index is 0.115. The average molecular weight is 388 g/mol. The molecule has 3 aliphatic rings. The van der Waals surface area contributed by atoms with Crippen molar-refractivity contribution in [3.8, 4) is 0 Å². The van der Waals surface area contributed by atoms with Crippen molar-refractivity contribution < 1.29 is 9.47 Å². The Bertz CT molecular complexity index is 812. The molecule has 5 heterocycles. The number of nitrogens with zero attached hydrogens (tertiary/aromatic N) is 4. The molecule has 8 heteroatoms. The third-order valence-electron chi connectivity index (χ3n) is 5.85. The van der Waals surface area contributed by atoms with Gasteiger partial charge in [0.25, 0.3) is 0 Å². The molecule has 144 valence electrons. The molecule has 2 saturated heterocycles. The van der Waals surface area contributed by atoms with Gasteiger partial charge < -0.3 is 25.0 Å². The van der Waals surface area contributed by atoms with Crippen LogP contribution in [0.5, 0.6) is 0 Å². The minimum atomic E-state index is -0.115. The lowest BCUT2D eigenvalue weighted by atomic mass is 9.82. The molecule has 27 heavy (non-hydrogen) atoms. The van der Waals surface area contributed by atoms with Gasteiger partial charge in [0.2, 0.25) is 5.95 Å². The SMILES string of the molecule is Nc1cc(N2CCC3(CC2)OCCc2sccc23)nc(N2CCOCC2)n1. The van der Waals surface area contributed by atoms with Crippen LogP contribution in [-0.2, 0) is 21.5 Å². The molecule has 1 spiro atoms. The number of rotatable bonds is 2. The van der Waals surface area contributed by atoms with Crippen molar-refractivity contribution in [3.63, 3.8) is 0 Å². The van der Waals surface area contributed by atoms with Crippen molar-refractivity contribution in [2.75, 3.05) is 61.5 Å². The van der Waals surface area contributed by atoms with Gasteiger partial charge in [0, 0.05) is 43.5 Å². The fourth-order valence-electron chi connectivity index (χ4n) is 4.37. The Hall–Kier alpha value is -1.90. The second kappa shape index (κ2) is 6.92. The summed E-state index contributed by atoms with van der Waals surface area (Å²) in [6.45, 7) is 5.68. The third-order valence-corrected chi connectivity index (χ3v) is 6.83. The monoisotopic (exact) mass is 387 g/mol. The highest BCUT2D eigenvalue weighted by Crippen LogP contribution is 2.43. The van der Waals surface area contributed by atoms with E-state index in [1.54, 1.807) is 0 Å². The maximum Gasteiger partial charge on any atom is 0.229 e. The normalized spacial score (nSPS) is 22.1. The van der Waals surface area contributed by atoms with Crippen LogP contribution in [0.15, 0.2) is 17.5 Å². The van der Waals surface area contributed by atoms with Crippen molar-refractivity contribution in [3.05, 3.63) is 28.0 Å². The summed E-state index contributed by atoms with van der Waals surface area (Å²) in [7, 11) is 0. The van der Waals surface area contributed by atoms with E-state index in [1.165, 1.54) is 10.4 Å². The molecule has 0 unspecified atom stereocenters. The zero-order valence-electron chi connectivity index (χ0n) is 15.4. The highest BCUT2D eigenvalue weighted by molar-refractivity contribution is 7.10. The topological polar surface area (TPSA) is 76.7 Å². The van der Waals surface area contributed by atoms with Crippen LogP contribution in [0, 0.1) is 0 Å². The van der Waals surface area contributed by atoms with E-state index in [9.17, 15) is 0 Å². The van der Waals surface area contributed by atoms with Crippen LogP contribution in [0.4, 0.5) is 17.6 Å². The minimum Gasteiger partial charge on any atom is -0.383 e. The maximum absolute atomic E-state index is 6.32. The van der Waals surface area contributed by atoms with E-state index in [-0.39, 0.29) is 5.60 Å². The van der Waals surface area contributed by atoms with E-state index in [0.717, 1.165) is 57.9 Å². The van der Waals surface area contributed by atoms with Crippen LogP contribution in [0.25, 0.3) is 0 Å². The molecule has 2 fully saturated rings. The zero-order valence-corrected chi connectivity index (χ0v) is 16.2. The molecule has 0 radical (unpaired) electrons. The van der Waals surface area contributed by atoms with Gasteiger partial charge in [-0.15, -0.1) is 11.3 Å². The highest BCUT2D eigenvalue weighted by atomic mass is 32.1. The van der Waals surface area contributed by atoms with Gasteiger partial charge in [-0.3, -0.25) is 0 Å². The summed E-state index contributed by atoms with van der Waals surface area (Å²) in [5, 5.41) is 2.20. The lowest BCUT2D eigenvalue weighted by Crippen LogP contribution is -2.46. The summed E-state index contributed by atoms with van der Waals surface area (Å²) in [6.07, 6.45) is 3.00. The van der Waals surface area contributed by atoms with Crippen molar-refractivity contribution >= 4 is 28.9 Å². The van der Waals surface area contributed by atoms with E-state index in [1.807, 2.05) is 17.4 Å². The number of ether oxygens (including phenoxy) is 2. The van der Waals surface area contributed by atoms with Crippen LogP contribution in [0.3, 0.4) is 0 Å².